The molecule has 1 aromatic heterocycles. The molecule has 1 heterocycles. The molecule has 0 aliphatic carbocycles. The fourth-order valence-electron chi connectivity index (χ4n) is 5.93. The normalized spacial score (nSPS) is 11.5. The Bertz CT molecular complexity index is 1870. The lowest BCUT2D eigenvalue weighted by Crippen LogP contribution is -1.90. The third-order valence-electron chi connectivity index (χ3n) is 7.88. The number of aromatic nitrogens is 1. The highest BCUT2D eigenvalue weighted by Crippen LogP contribution is 2.43. The minimum Gasteiger partial charge on any atom is -0.436 e. The van der Waals surface area contributed by atoms with Gasteiger partial charge in [-0.25, -0.2) is 4.98 Å². The van der Waals surface area contributed by atoms with Gasteiger partial charge in [-0.1, -0.05) is 117 Å². The van der Waals surface area contributed by atoms with Gasteiger partial charge in [-0.2, -0.15) is 0 Å². The predicted molar refractivity (Wildman–Crippen MR) is 164 cm³/mol. The van der Waals surface area contributed by atoms with E-state index in [0.717, 1.165) is 29.5 Å². The Morgan fingerprint density at radius 2 is 0.949 bits per heavy atom. The molecule has 0 unspecified atom stereocenters. The van der Waals surface area contributed by atoms with E-state index in [-0.39, 0.29) is 0 Å². The molecule has 0 spiro atoms. The molecular formula is C37H29NO. The molecule has 39 heavy (non-hydrogen) atoms. The average molecular weight is 504 g/mol. The van der Waals surface area contributed by atoms with E-state index >= 15 is 0 Å². The van der Waals surface area contributed by atoms with Crippen LogP contribution >= 0.6 is 0 Å². The first-order valence-corrected chi connectivity index (χ1v) is 13.8. The van der Waals surface area contributed by atoms with Gasteiger partial charge in [-0.05, 0) is 79.9 Å². The minimum atomic E-state index is 0.682. The van der Waals surface area contributed by atoms with E-state index in [9.17, 15) is 0 Å². The van der Waals surface area contributed by atoms with Crippen molar-refractivity contribution in [2.75, 3.05) is 0 Å². The highest BCUT2D eigenvalue weighted by molar-refractivity contribution is 6.21. The van der Waals surface area contributed by atoms with Crippen LogP contribution in [0.2, 0.25) is 0 Å². The number of nitrogens with zero attached hydrogens (tertiary/aromatic N) is 1. The molecule has 0 saturated carbocycles. The van der Waals surface area contributed by atoms with Crippen LogP contribution in [-0.4, -0.2) is 4.98 Å². The molecule has 2 heteroatoms. The lowest BCUT2D eigenvalue weighted by atomic mass is 9.86. The number of aryl methyl sites for hydroxylation is 2. The molecule has 7 aromatic rings. The highest BCUT2D eigenvalue weighted by Gasteiger charge is 2.18. The van der Waals surface area contributed by atoms with Crippen LogP contribution in [0.25, 0.3) is 66.4 Å². The van der Waals surface area contributed by atoms with E-state index in [2.05, 4.69) is 129 Å². The molecule has 0 aliphatic heterocycles. The summed E-state index contributed by atoms with van der Waals surface area (Å²) in [7, 11) is 0. The quantitative estimate of drug-likeness (QED) is 0.218. The molecule has 0 atom stereocenters. The molecule has 0 saturated heterocycles. The first-order chi connectivity index (χ1) is 19.3. The lowest BCUT2D eigenvalue weighted by Gasteiger charge is -2.17. The van der Waals surface area contributed by atoms with E-state index in [1.165, 1.54) is 54.9 Å². The molecule has 0 bridgehead atoms. The van der Waals surface area contributed by atoms with Crippen LogP contribution in [0.5, 0.6) is 0 Å². The van der Waals surface area contributed by atoms with E-state index in [1.807, 2.05) is 0 Å². The van der Waals surface area contributed by atoms with Crippen LogP contribution in [0, 0.1) is 0 Å². The summed E-state index contributed by atoms with van der Waals surface area (Å²) in [5, 5.41) is 5.04. The Hall–Kier alpha value is -4.69. The van der Waals surface area contributed by atoms with Crippen LogP contribution in [0.4, 0.5) is 0 Å². The zero-order valence-electron chi connectivity index (χ0n) is 22.2. The summed E-state index contributed by atoms with van der Waals surface area (Å²) in [6.45, 7) is 4.33. The zero-order valence-corrected chi connectivity index (χ0v) is 22.2. The van der Waals surface area contributed by atoms with Gasteiger partial charge in [0.15, 0.2) is 5.58 Å². The largest absolute Gasteiger partial charge is 0.436 e. The van der Waals surface area contributed by atoms with Crippen molar-refractivity contribution < 1.29 is 4.42 Å². The summed E-state index contributed by atoms with van der Waals surface area (Å²) in [5.74, 6) is 0.682. The Kier molecular flexibility index (Phi) is 5.74. The first kappa shape index (κ1) is 23.4. The van der Waals surface area contributed by atoms with E-state index in [1.54, 1.807) is 0 Å². The smallest absolute Gasteiger partial charge is 0.227 e. The van der Waals surface area contributed by atoms with Gasteiger partial charge in [-0.3, -0.25) is 0 Å². The summed E-state index contributed by atoms with van der Waals surface area (Å²) in [6.07, 6.45) is 1.86. The van der Waals surface area contributed by atoms with Crippen molar-refractivity contribution in [3.8, 4) is 33.7 Å². The van der Waals surface area contributed by atoms with E-state index < -0.39 is 0 Å². The Labute approximate surface area is 228 Å². The Morgan fingerprint density at radius 1 is 0.487 bits per heavy atom. The van der Waals surface area contributed by atoms with Crippen molar-refractivity contribution in [2.45, 2.75) is 26.7 Å². The predicted octanol–water partition coefficient (Wildman–Crippen LogP) is 10.3. The van der Waals surface area contributed by atoms with Crippen LogP contribution in [-0.2, 0) is 12.8 Å². The third kappa shape index (κ3) is 3.83. The number of rotatable bonds is 5. The molecule has 2 nitrogen and oxygen atoms in total. The van der Waals surface area contributed by atoms with E-state index in [0.29, 0.717) is 5.89 Å². The summed E-state index contributed by atoms with van der Waals surface area (Å²) in [5.41, 5.74) is 10.3. The van der Waals surface area contributed by atoms with Crippen molar-refractivity contribution in [1.29, 1.82) is 0 Å². The molecule has 0 amide bonds. The van der Waals surface area contributed by atoms with Crippen LogP contribution < -0.4 is 0 Å². The van der Waals surface area contributed by atoms with Gasteiger partial charge in [-0.15, -0.1) is 0 Å². The number of oxazole rings is 1. The van der Waals surface area contributed by atoms with Gasteiger partial charge in [0, 0.05) is 5.56 Å². The maximum absolute atomic E-state index is 6.36. The zero-order chi connectivity index (χ0) is 26.3. The van der Waals surface area contributed by atoms with Gasteiger partial charge >= 0.3 is 0 Å². The van der Waals surface area contributed by atoms with Gasteiger partial charge in [0.2, 0.25) is 5.89 Å². The van der Waals surface area contributed by atoms with Crippen molar-refractivity contribution >= 4 is 32.6 Å². The van der Waals surface area contributed by atoms with Crippen molar-refractivity contribution in [3.05, 3.63) is 126 Å². The molecule has 0 N–H and O–H groups in total. The SMILES string of the molecule is CCc1ccc(CC)c2oc(-c3ccc(-c4c5ccccc5c(-c5ccccc5)c5ccccc45)cc3)nc12. The molecule has 7 rings (SSSR count). The second kappa shape index (κ2) is 9.56. The molecule has 0 aliphatic rings. The van der Waals surface area contributed by atoms with Crippen LogP contribution in [0.15, 0.2) is 120 Å². The van der Waals surface area contributed by atoms with Gasteiger partial charge < -0.3 is 4.42 Å². The number of hydrogen-bond donors (Lipinski definition) is 0. The van der Waals surface area contributed by atoms with Gasteiger partial charge in [0.1, 0.15) is 5.52 Å². The van der Waals surface area contributed by atoms with Gasteiger partial charge in [0.25, 0.3) is 0 Å². The molecular weight excluding hydrogens is 474 g/mol. The molecule has 6 aromatic carbocycles. The second-order valence-corrected chi connectivity index (χ2v) is 10.1. The number of benzene rings is 6. The van der Waals surface area contributed by atoms with Crippen LogP contribution in [0.3, 0.4) is 0 Å². The minimum absolute atomic E-state index is 0.682. The summed E-state index contributed by atoms with van der Waals surface area (Å²) in [6, 6.07) is 41.3. The Balaban J connectivity index is 1.42. The summed E-state index contributed by atoms with van der Waals surface area (Å²) < 4.78 is 6.36. The third-order valence-corrected chi connectivity index (χ3v) is 7.88. The highest BCUT2D eigenvalue weighted by atomic mass is 16.3. The average Bonchev–Trinajstić information content (AvgIpc) is 3.46. The lowest BCUT2D eigenvalue weighted by molar-refractivity contribution is 0.615. The van der Waals surface area contributed by atoms with E-state index in [4.69, 9.17) is 9.40 Å². The van der Waals surface area contributed by atoms with Crippen molar-refractivity contribution in [2.24, 2.45) is 0 Å². The number of fused-ring (bicyclic) bond motifs is 3. The maximum atomic E-state index is 6.36. The van der Waals surface area contributed by atoms with Crippen molar-refractivity contribution in [1.82, 2.24) is 4.98 Å². The fraction of sp³-hybridized carbons (Fsp3) is 0.108. The molecule has 0 fully saturated rings. The second-order valence-electron chi connectivity index (χ2n) is 10.1. The van der Waals surface area contributed by atoms with Crippen LogP contribution in [0.1, 0.15) is 25.0 Å². The topological polar surface area (TPSA) is 26.0 Å². The fourth-order valence-corrected chi connectivity index (χ4v) is 5.93. The summed E-state index contributed by atoms with van der Waals surface area (Å²) >= 11 is 0. The van der Waals surface area contributed by atoms with Gasteiger partial charge in [0.05, 0.1) is 0 Å². The molecule has 188 valence electrons. The number of hydrogen-bond acceptors (Lipinski definition) is 2. The monoisotopic (exact) mass is 503 g/mol. The standard InChI is InChI=1S/C37H29NO/c1-3-24-18-19-25(4-2)36-35(24)38-37(39-36)28-22-20-27(21-23-28)34-31-16-10-8-14-29(31)33(26-12-6-5-7-13-26)30-15-9-11-17-32(30)34/h5-23H,3-4H2,1-2H3. The van der Waals surface area contributed by atoms with Crippen molar-refractivity contribution in [3.63, 3.8) is 0 Å². The maximum Gasteiger partial charge on any atom is 0.227 e. The molecule has 0 radical (unpaired) electrons. The summed E-state index contributed by atoms with van der Waals surface area (Å²) in [4.78, 5) is 4.94. The first-order valence-electron chi connectivity index (χ1n) is 13.8. The Morgan fingerprint density at radius 3 is 1.49 bits per heavy atom.